The van der Waals surface area contributed by atoms with Crippen molar-refractivity contribution in [1.82, 2.24) is 24.8 Å². The minimum Gasteiger partial charge on any atom is -0.339 e. The average molecular weight is 315 g/mol. The van der Waals surface area contributed by atoms with Crippen molar-refractivity contribution in [3.05, 3.63) is 23.7 Å². The molecule has 0 aliphatic carbocycles. The molecule has 1 fully saturated rings. The van der Waals surface area contributed by atoms with Crippen LogP contribution in [0.5, 0.6) is 0 Å². The van der Waals surface area contributed by atoms with Crippen LogP contribution in [-0.2, 0) is 17.8 Å². The highest BCUT2D eigenvalue weighted by Gasteiger charge is 2.20. The van der Waals surface area contributed by atoms with Gasteiger partial charge >= 0.3 is 0 Å². The minimum atomic E-state index is 0.151. The first-order valence-corrected chi connectivity index (χ1v) is 8.35. The molecule has 2 aromatic rings. The number of aromatic nitrogens is 3. The summed E-state index contributed by atoms with van der Waals surface area (Å²) in [6.07, 6.45) is 2.69. The lowest BCUT2D eigenvalue weighted by atomic mass is 10.1. The average Bonchev–Trinajstić information content (AvgIpc) is 2.84. The highest BCUT2D eigenvalue weighted by Crippen LogP contribution is 2.18. The number of piperazine rings is 1. The molecular formula is C17H25N5O. The fourth-order valence-corrected chi connectivity index (χ4v) is 3.00. The van der Waals surface area contributed by atoms with E-state index in [9.17, 15) is 4.79 Å². The summed E-state index contributed by atoms with van der Waals surface area (Å²) >= 11 is 0. The third-order valence-electron chi connectivity index (χ3n) is 4.15. The zero-order chi connectivity index (χ0) is 16.4. The SMILES string of the molecule is Cc1cnc2c(c1)nc(CC(C)C)n2CC(=O)N1CCNCC1. The van der Waals surface area contributed by atoms with Gasteiger partial charge in [-0.1, -0.05) is 13.8 Å². The third-order valence-corrected chi connectivity index (χ3v) is 4.15. The molecule has 0 atom stereocenters. The van der Waals surface area contributed by atoms with E-state index in [4.69, 9.17) is 4.98 Å². The van der Waals surface area contributed by atoms with E-state index in [2.05, 4.69) is 24.1 Å². The lowest BCUT2D eigenvalue weighted by molar-refractivity contribution is -0.132. The van der Waals surface area contributed by atoms with Crippen molar-refractivity contribution in [2.45, 2.75) is 33.7 Å². The van der Waals surface area contributed by atoms with Gasteiger partial charge in [0.1, 0.15) is 17.9 Å². The van der Waals surface area contributed by atoms with Crippen LogP contribution in [0.3, 0.4) is 0 Å². The fraction of sp³-hybridized carbons (Fsp3) is 0.588. The minimum absolute atomic E-state index is 0.151. The molecule has 0 aromatic carbocycles. The Hall–Kier alpha value is -1.95. The molecule has 0 spiro atoms. The Morgan fingerprint density at radius 3 is 2.78 bits per heavy atom. The van der Waals surface area contributed by atoms with Crippen LogP contribution in [0.15, 0.2) is 12.3 Å². The van der Waals surface area contributed by atoms with Crippen molar-refractivity contribution < 1.29 is 4.79 Å². The molecule has 6 nitrogen and oxygen atoms in total. The summed E-state index contributed by atoms with van der Waals surface area (Å²) in [4.78, 5) is 23.8. The van der Waals surface area contributed by atoms with Crippen molar-refractivity contribution >= 4 is 17.1 Å². The van der Waals surface area contributed by atoms with E-state index >= 15 is 0 Å². The number of nitrogens with one attached hydrogen (secondary N) is 1. The van der Waals surface area contributed by atoms with Gasteiger partial charge in [0.15, 0.2) is 5.65 Å². The lowest BCUT2D eigenvalue weighted by Gasteiger charge is -2.27. The predicted octanol–water partition coefficient (Wildman–Crippen LogP) is 1.37. The van der Waals surface area contributed by atoms with Crippen LogP contribution < -0.4 is 5.32 Å². The van der Waals surface area contributed by atoms with Gasteiger partial charge in [-0.15, -0.1) is 0 Å². The van der Waals surface area contributed by atoms with Crippen LogP contribution in [0.2, 0.25) is 0 Å². The first kappa shape index (κ1) is 15.9. The normalized spacial score (nSPS) is 15.6. The van der Waals surface area contributed by atoms with Crippen molar-refractivity contribution in [3.63, 3.8) is 0 Å². The number of amides is 1. The lowest BCUT2D eigenvalue weighted by Crippen LogP contribution is -2.47. The number of aryl methyl sites for hydroxylation is 1. The van der Waals surface area contributed by atoms with Crippen LogP contribution in [0.1, 0.15) is 25.2 Å². The summed E-state index contributed by atoms with van der Waals surface area (Å²) in [6.45, 7) is 9.96. The van der Waals surface area contributed by atoms with Crippen LogP contribution in [0.25, 0.3) is 11.2 Å². The molecular weight excluding hydrogens is 290 g/mol. The van der Waals surface area contributed by atoms with E-state index in [1.165, 1.54) is 0 Å². The predicted molar refractivity (Wildman–Crippen MR) is 90.3 cm³/mol. The van der Waals surface area contributed by atoms with Gasteiger partial charge in [-0.2, -0.15) is 0 Å². The number of fused-ring (bicyclic) bond motifs is 1. The van der Waals surface area contributed by atoms with E-state index in [1.807, 2.05) is 28.7 Å². The van der Waals surface area contributed by atoms with E-state index in [1.54, 1.807) is 0 Å². The number of rotatable bonds is 4. The maximum atomic E-state index is 12.6. The molecule has 23 heavy (non-hydrogen) atoms. The molecule has 3 rings (SSSR count). The Balaban J connectivity index is 1.91. The van der Waals surface area contributed by atoms with E-state index in [0.717, 1.165) is 55.2 Å². The van der Waals surface area contributed by atoms with Gasteiger partial charge in [0.2, 0.25) is 5.91 Å². The molecule has 0 bridgehead atoms. The smallest absolute Gasteiger partial charge is 0.242 e. The number of carbonyl (C=O) groups excluding carboxylic acids is 1. The maximum Gasteiger partial charge on any atom is 0.242 e. The maximum absolute atomic E-state index is 12.6. The topological polar surface area (TPSA) is 63.1 Å². The monoisotopic (exact) mass is 315 g/mol. The molecule has 3 heterocycles. The van der Waals surface area contributed by atoms with Crippen molar-refractivity contribution in [2.24, 2.45) is 5.92 Å². The summed E-state index contributed by atoms with van der Waals surface area (Å²) in [5.41, 5.74) is 2.79. The van der Waals surface area contributed by atoms with Gasteiger partial charge in [-0.3, -0.25) is 4.79 Å². The summed E-state index contributed by atoms with van der Waals surface area (Å²) in [7, 11) is 0. The number of hydrogen-bond donors (Lipinski definition) is 1. The van der Waals surface area contributed by atoms with Gasteiger partial charge in [-0.05, 0) is 24.5 Å². The second kappa shape index (κ2) is 6.66. The van der Waals surface area contributed by atoms with Crippen LogP contribution >= 0.6 is 0 Å². The largest absolute Gasteiger partial charge is 0.339 e. The number of nitrogens with zero attached hydrogens (tertiary/aromatic N) is 4. The van der Waals surface area contributed by atoms with Crippen molar-refractivity contribution in [1.29, 1.82) is 0 Å². The van der Waals surface area contributed by atoms with Crippen molar-refractivity contribution in [2.75, 3.05) is 26.2 Å². The molecule has 1 N–H and O–H groups in total. The zero-order valence-corrected chi connectivity index (χ0v) is 14.2. The summed E-state index contributed by atoms with van der Waals surface area (Å²) < 4.78 is 2.00. The molecule has 1 saturated heterocycles. The van der Waals surface area contributed by atoms with E-state index in [-0.39, 0.29) is 5.91 Å². The highest BCUT2D eigenvalue weighted by atomic mass is 16.2. The van der Waals surface area contributed by atoms with Gasteiger partial charge < -0.3 is 14.8 Å². The van der Waals surface area contributed by atoms with Crippen molar-refractivity contribution in [3.8, 4) is 0 Å². The molecule has 0 saturated carbocycles. The second-order valence-electron chi connectivity index (χ2n) is 6.70. The number of imidazole rings is 1. The Kier molecular flexibility index (Phi) is 4.61. The first-order chi connectivity index (χ1) is 11.0. The van der Waals surface area contributed by atoms with Crippen LogP contribution in [-0.4, -0.2) is 51.5 Å². The van der Waals surface area contributed by atoms with Gasteiger partial charge in [0.05, 0.1) is 0 Å². The van der Waals surface area contributed by atoms with Gasteiger partial charge in [-0.25, -0.2) is 9.97 Å². The van der Waals surface area contributed by atoms with E-state index < -0.39 is 0 Å². The third kappa shape index (κ3) is 3.52. The molecule has 0 radical (unpaired) electrons. The molecule has 1 amide bonds. The number of pyridine rings is 1. The molecule has 1 aliphatic heterocycles. The number of carbonyl (C=O) groups is 1. The molecule has 124 valence electrons. The summed E-state index contributed by atoms with van der Waals surface area (Å²) in [5.74, 6) is 1.59. The summed E-state index contributed by atoms with van der Waals surface area (Å²) in [5, 5.41) is 3.28. The Bertz CT molecular complexity index is 700. The Morgan fingerprint density at radius 1 is 1.35 bits per heavy atom. The zero-order valence-electron chi connectivity index (χ0n) is 14.2. The molecule has 6 heteroatoms. The van der Waals surface area contributed by atoms with Gasteiger partial charge in [0, 0.05) is 38.8 Å². The fourth-order valence-electron chi connectivity index (χ4n) is 3.00. The highest BCUT2D eigenvalue weighted by molar-refractivity contribution is 5.79. The first-order valence-electron chi connectivity index (χ1n) is 8.35. The Morgan fingerprint density at radius 2 is 2.09 bits per heavy atom. The molecule has 0 unspecified atom stereocenters. The van der Waals surface area contributed by atoms with Crippen LogP contribution in [0.4, 0.5) is 0 Å². The standard InChI is InChI=1S/C17H25N5O/c1-12(2)8-15-20-14-9-13(3)10-19-17(14)22(15)11-16(23)21-6-4-18-5-7-21/h9-10,12,18H,4-8,11H2,1-3H3. The van der Waals surface area contributed by atoms with Crippen LogP contribution in [0, 0.1) is 12.8 Å². The quantitative estimate of drug-likeness (QED) is 0.925. The molecule has 1 aliphatic rings. The Labute approximate surface area is 136 Å². The molecule has 2 aromatic heterocycles. The second-order valence-corrected chi connectivity index (χ2v) is 6.70. The van der Waals surface area contributed by atoms with Gasteiger partial charge in [0.25, 0.3) is 0 Å². The number of hydrogen-bond acceptors (Lipinski definition) is 4. The summed E-state index contributed by atoms with van der Waals surface area (Å²) in [6, 6.07) is 2.04. The van der Waals surface area contributed by atoms with E-state index in [0.29, 0.717) is 12.5 Å².